The Morgan fingerprint density at radius 3 is 2.41 bits per heavy atom. The molecular weight excluding hydrogens is 517 g/mol. The number of hydrogen-bond acceptors (Lipinski definition) is 8. The van der Waals surface area contributed by atoms with Crippen LogP contribution in [0.1, 0.15) is 37.0 Å². The van der Waals surface area contributed by atoms with E-state index in [1.165, 1.54) is 18.0 Å². The third-order valence-electron chi connectivity index (χ3n) is 6.90. The molecule has 0 bridgehead atoms. The van der Waals surface area contributed by atoms with Crippen molar-refractivity contribution in [2.75, 3.05) is 56.5 Å². The molecule has 1 saturated carbocycles. The smallest absolute Gasteiger partial charge is 0.238 e. The van der Waals surface area contributed by atoms with Gasteiger partial charge in [-0.15, -0.1) is 0 Å². The van der Waals surface area contributed by atoms with Crippen molar-refractivity contribution in [3.05, 3.63) is 58.4 Å². The van der Waals surface area contributed by atoms with E-state index in [0.717, 1.165) is 45.3 Å². The number of piperazine rings is 1. The van der Waals surface area contributed by atoms with Gasteiger partial charge in [0.2, 0.25) is 5.91 Å². The molecule has 1 aliphatic heterocycles. The second kappa shape index (κ2) is 13.3. The lowest BCUT2D eigenvalue weighted by Crippen LogP contribution is -2.47. The first kappa shape index (κ1) is 28.9. The minimum absolute atomic E-state index is 0.0840. The van der Waals surface area contributed by atoms with E-state index in [-0.39, 0.29) is 17.5 Å². The molecule has 0 radical (unpaired) electrons. The van der Waals surface area contributed by atoms with Crippen LogP contribution in [-0.2, 0) is 9.59 Å². The average Bonchev–Trinajstić information content (AvgIpc) is 3.78. The summed E-state index contributed by atoms with van der Waals surface area (Å²) >= 11 is 1.34. The van der Waals surface area contributed by atoms with Gasteiger partial charge < -0.3 is 15.1 Å². The summed E-state index contributed by atoms with van der Waals surface area (Å²) in [6.07, 6.45) is 3.28. The van der Waals surface area contributed by atoms with Gasteiger partial charge in [-0.25, -0.2) is 4.39 Å². The Morgan fingerprint density at radius 1 is 1.13 bits per heavy atom. The molecule has 0 atom stereocenters. The number of amides is 1. The molecule has 39 heavy (non-hydrogen) atoms. The van der Waals surface area contributed by atoms with Crippen LogP contribution in [0, 0.1) is 5.82 Å². The standard InChI is InChI=1S/C29H36FN5O3S/c1-4-31-39-29(20(2)18-36)35(24-9-10-24)27-16-25(26(30)15-22(27)19-37)21-5-7-23(8-6-21)32-28(38)17-34-13-11-33(3)12-14-34/h5-8,15-16,18-19,24,31H,4,9-14,17H2,1-3H3,(H,32,38)/b29-20-. The Kier molecular flexibility index (Phi) is 9.90. The van der Waals surface area contributed by atoms with Crippen LogP contribution in [0.5, 0.6) is 0 Å². The van der Waals surface area contributed by atoms with E-state index in [1.54, 1.807) is 37.3 Å². The number of anilines is 2. The molecule has 2 aromatic rings. The van der Waals surface area contributed by atoms with Gasteiger partial charge in [-0.3, -0.25) is 24.0 Å². The highest BCUT2D eigenvalue weighted by molar-refractivity contribution is 8.01. The number of aldehydes is 2. The Morgan fingerprint density at radius 2 is 1.82 bits per heavy atom. The van der Waals surface area contributed by atoms with Crippen LogP contribution in [-0.4, -0.2) is 80.6 Å². The number of hydrogen-bond donors (Lipinski definition) is 2. The number of rotatable bonds is 12. The van der Waals surface area contributed by atoms with Crippen LogP contribution in [0.25, 0.3) is 11.1 Å². The quantitative estimate of drug-likeness (QED) is 0.231. The fourth-order valence-corrected chi connectivity index (χ4v) is 5.40. The van der Waals surface area contributed by atoms with Crippen LogP contribution in [0.4, 0.5) is 15.8 Å². The zero-order valence-electron chi connectivity index (χ0n) is 22.7. The number of nitrogens with zero attached hydrogens (tertiary/aromatic N) is 3. The van der Waals surface area contributed by atoms with Gasteiger partial charge in [-0.05, 0) is 68.6 Å². The summed E-state index contributed by atoms with van der Waals surface area (Å²) in [5.41, 5.74) is 2.92. The van der Waals surface area contributed by atoms with E-state index in [4.69, 9.17) is 0 Å². The summed E-state index contributed by atoms with van der Waals surface area (Å²) in [5.74, 6) is -0.598. The van der Waals surface area contributed by atoms with Crippen molar-refractivity contribution < 1.29 is 18.8 Å². The number of carbonyl (C=O) groups excluding carboxylic acids is 3. The SMILES string of the molecule is CCNS/C(=C(/C)C=O)N(c1cc(-c2ccc(NC(=O)CN3CCN(C)CC3)cc2)c(F)cc1C=O)C1CC1. The topological polar surface area (TPSA) is 85.0 Å². The van der Waals surface area contributed by atoms with E-state index in [9.17, 15) is 14.4 Å². The summed E-state index contributed by atoms with van der Waals surface area (Å²) in [5, 5.41) is 3.63. The second-order valence-corrected chi connectivity index (χ2v) is 10.9. The lowest BCUT2D eigenvalue weighted by atomic mass is 10.0. The van der Waals surface area contributed by atoms with Crippen LogP contribution in [0.2, 0.25) is 0 Å². The molecule has 8 nitrogen and oxygen atoms in total. The van der Waals surface area contributed by atoms with Crippen molar-refractivity contribution in [3.8, 4) is 11.1 Å². The molecule has 1 heterocycles. The van der Waals surface area contributed by atoms with Gasteiger partial charge in [-0.2, -0.15) is 0 Å². The lowest BCUT2D eigenvalue weighted by molar-refractivity contribution is -0.117. The third-order valence-corrected chi connectivity index (χ3v) is 8.05. The third kappa shape index (κ3) is 7.33. The number of halogens is 1. The van der Waals surface area contributed by atoms with Gasteiger partial charge >= 0.3 is 0 Å². The van der Waals surface area contributed by atoms with Crippen molar-refractivity contribution in [1.29, 1.82) is 0 Å². The van der Waals surface area contributed by atoms with Crippen molar-refractivity contribution in [3.63, 3.8) is 0 Å². The summed E-state index contributed by atoms with van der Waals surface area (Å²) < 4.78 is 18.5. The Hall–Kier alpha value is -3.05. The molecule has 0 aromatic heterocycles. The van der Waals surface area contributed by atoms with E-state index in [0.29, 0.717) is 52.5 Å². The highest BCUT2D eigenvalue weighted by atomic mass is 32.2. The Balaban J connectivity index is 1.58. The fraction of sp³-hybridized carbons (Fsp3) is 0.414. The van der Waals surface area contributed by atoms with Crippen molar-refractivity contribution in [2.45, 2.75) is 32.7 Å². The molecular formula is C29H36FN5O3S. The fourth-order valence-electron chi connectivity index (χ4n) is 4.56. The number of benzene rings is 2. The van der Waals surface area contributed by atoms with Gasteiger partial charge in [0.1, 0.15) is 12.1 Å². The lowest BCUT2D eigenvalue weighted by Gasteiger charge is -2.31. The molecule has 2 aliphatic rings. The van der Waals surface area contributed by atoms with E-state index >= 15 is 4.39 Å². The van der Waals surface area contributed by atoms with E-state index in [1.807, 2.05) is 11.8 Å². The Labute approximate surface area is 233 Å². The first-order valence-corrected chi connectivity index (χ1v) is 14.1. The predicted octanol–water partition coefficient (Wildman–Crippen LogP) is 4.15. The van der Waals surface area contributed by atoms with Gasteiger partial charge in [0.25, 0.3) is 0 Å². The van der Waals surface area contributed by atoms with Crippen molar-refractivity contribution >= 4 is 41.8 Å². The maximum Gasteiger partial charge on any atom is 0.238 e. The molecule has 2 aromatic carbocycles. The maximum atomic E-state index is 15.3. The maximum absolute atomic E-state index is 15.3. The molecule has 1 amide bonds. The van der Waals surface area contributed by atoms with Crippen LogP contribution < -0.4 is 14.9 Å². The number of allylic oxidation sites excluding steroid dienone is 1. The summed E-state index contributed by atoms with van der Waals surface area (Å²) in [4.78, 5) is 42.6. The molecule has 1 aliphatic carbocycles. The van der Waals surface area contributed by atoms with E-state index in [2.05, 4.69) is 26.9 Å². The van der Waals surface area contributed by atoms with Crippen LogP contribution >= 0.6 is 11.9 Å². The second-order valence-electron chi connectivity index (χ2n) is 10.0. The minimum Gasteiger partial charge on any atom is -0.331 e. The summed E-state index contributed by atoms with van der Waals surface area (Å²) in [6, 6.07) is 10.1. The summed E-state index contributed by atoms with van der Waals surface area (Å²) in [7, 11) is 2.07. The molecule has 10 heteroatoms. The van der Waals surface area contributed by atoms with Gasteiger partial charge in [0.15, 0.2) is 6.29 Å². The van der Waals surface area contributed by atoms with Gasteiger partial charge in [0.05, 0.1) is 17.3 Å². The predicted molar refractivity (Wildman–Crippen MR) is 155 cm³/mol. The zero-order valence-corrected chi connectivity index (χ0v) is 23.5. The molecule has 2 fully saturated rings. The first-order chi connectivity index (χ1) is 18.8. The monoisotopic (exact) mass is 553 g/mol. The number of carbonyl (C=O) groups is 3. The van der Waals surface area contributed by atoms with Crippen LogP contribution in [0.15, 0.2) is 47.0 Å². The van der Waals surface area contributed by atoms with Crippen LogP contribution in [0.3, 0.4) is 0 Å². The highest BCUT2D eigenvalue weighted by Gasteiger charge is 2.34. The number of nitrogens with one attached hydrogen (secondary N) is 2. The van der Waals surface area contributed by atoms with Crippen molar-refractivity contribution in [1.82, 2.24) is 14.5 Å². The highest BCUT2D eigenvalue weighted by Crippen LogP contribution is 2.42. The zero-order chi connectivity index (χ0) is 27.9. The normalized spacial score (nSPS) is 16.9. The molecule has 2 N–H and O–H groups in total. The Bertz CT molecular complexity index is 1220. The molecule has 4 rings (SSSR count). The minimum atomic E-state index is -0.513. The van der Waals surface area contributed by atoms with Crippen molar-refractivity contribution in [2.24, 2.45) is 0 Å². The molecule has 1 saturated heterocycles. The van der Waals surface area contributed by atoms with E-state index < -0.39 is 5.82 Å². The molecule has 208 valence electrons. The largest absolute Gasteiger partial charge is 0.331 e. The first-order valence-electron chi connectivity index (χ1n) is 13.3. The summed E-state index contributed by atoms with van der Waals surface area (Å²) in [6.45, 7) is 8.32. The molecule has 0 unspecified atom stereocenters. The van der Waals surface area contributed by atoms with Gasteiger partial charge in [-0.1, -0.05) is 19.1 Å². The number of likely N-dealkylation sites (N-methyl/N-ethyl adjacent to an activating group) is 1. The molecule has 0 spiro atoms. The average molecular weight is 554 g/mol. The van der Waals surface area contributed by atoms with Gasteiger partial charge in [0, 0.05) is 61.2 Å².